The Labute approximate surface area is 98.0 Å². The quantitative estimate of drug-likeness (QED) is 0.671. The number of hydrogen-bond acceptors (Lipinski definition) is 2. The van der Waals surface area contributed by atoms with Crippen molar-refractivity contribution in [3.05, 3.63) is 0 Å². The van der Waals surface area contributed by atoms with E-state index in [2.05, 4.69) is 19.2 Å². The number of carbonyl (C=O) groups is 1. The van der Waals surface area contributed by atoms with Gasteiger partial charge < -0.3 is 15.1 Å². The lowest BCUT2D eigenvalue weighted by atomic mass is 10.0. The van der Waals surface area contributed by atoms with Crippen molar-refractivity contribution in [1.29, 1.82) is 0 Å². The molecule has 1 N–H and O–H groups in total. The van der Waals surface area contributed by atoms with E-state index in [1.807, 2.05) is 9.80 Å². The Morgan fingerprint density at radius 3 is 2.81 bits per heavy atom. The van der Waals surface area contributed by atoms with Crippen LogP contribution in [0, 0.1) is 5.92 Å². The summed E-state index contributed by atoms with van der Waals surface area (Å²) in [5, 5.41) is 3.32. The highest BCUT2D eigenvalue weighted by molar-refractivity contribution is 5.75. The van der Waals surface area contributed by atoms with Crippen molar-refractivity contribution in [3.63, 3.8) is 0 Å². The molecule has 2 aliphatic rings. The third-order valence-electron chi connectivity index (χ3n) is 3.67. The molecular weight excluding hydrogens is 202 g/mol. The number of urea groups is 1. The molecule has 92 valence electrons. The fourth-order valence-corrected chi connectivity index (χ4v) is 2.67. The molecule has 4 nitrogen and oxygen atoms in total. The molecular formula is C12H23N3O. The minimum absolute atomic E-state index is 0.251. The second-order valence-electron chi connectivity index (χ2n) is 5.22. The fraction of sp³-hybridized carbons (Fsp3) is 0.917. The maximum absolute atomic E-state index is 12.3. The van der Waals surface area contributed by atoms with Crippen molar-refractivity contribution < 1.29 is 4.79 Å². The molecule has 4 heteroatoms. The molecule has 2 rings (SSSR count). The lowest BCUT2D eigenvalue weighted by molar-refractivity contribution is 0.109. The summed E-state index contributed by atoms with van der Waals surface area (Å²) in [6.07, 6.45) is 2.42. The van der Waals surface area contributed by atoms with Gasteiger partial charge in [-0.3, -0.25) is 0 Å². The van der Waals surface area contributed by atoms with Gasteiger partial charge in [-0.1, -0.05) is 6.92 Å². The van der Waals surface area contributed by atoms with E-state index < -0.39 is 0 Å². The largest absolute Gasteiger partial charge is 0.324 e. The molecule has 0 aromatic heterocycles. The number of hydrogen-bond donors (Lipinski definition) is 1. The van der Waals surface area contributed by atoms with Crippen molar-refractivity contribution >= 4 is 6.03 Å². The summed E-state index contributed by atoms with van der Waals surface area (Å²) in [7, 11) is 0. The smallest absolute Gasteiger partial charge is 0.320 e. The van der Waals surface area contributed by atoms with Crippen molar-refractivity contribution in [2.45, 2.75) is 32.7 Å². The lowest BCUT2D eigenvalue weighted by Crippen LogP contribution is -2.57. The molecule has 0 bridgehead atoms. The SMILES string of the molecule is CC1CCCN(C(=O)N2CCNC[C@H]2C)C1. The molecule has 2 amide bonds. The molecule has 2 saturated heterocycles. The van der Waals surface area contributed by atoms with Gasteiger partial charge in [0.1, 0.15) is 0 Å². The summed E-state index contributed by atoms with van der Waals surface area (Å²) in [6, 6.07) is 0.582. The Bertz CT molecular complexity index is 257. The maximum atomic E-state index is 12.3. The van der Waals surface area contributed by atoms with Crippen LogP contribution in [0.4, 0.5) is 4.79 Å². The van der Waals surface area contributed by atoms with E-state index in [0.717, 1.165) is 39.1 Å². The number of nitrogens with one attached hydrogen (secondary N) is 1. The van der Waals surface area contributed by atoms with Crippen LogP contribution in [0.15, 0.2) is 0 Å². The van der Waals surface area contributed by atoms with Gasteiger partial charge in [0, 0.05) is 38.8 Å². The summed E-state index contributed by atoms with van der Waals surface area (Å²) in [5.41, 5.74) is 0. The number of piperidine rings is 1. The van der Waals surface area contributed by atoms with Gasteiger partial charge in [-0.05, 0) is 25.7 Å². The Balaban J connectivity index is 1.94. The fourth-order valence-electron chi connectivity index (χ4n) is 2.67. The Hall–Kier alpha value is -0.770. The number of rotatable bonds is 0. The van der Waals surface area contributed by atoms with E-state index in [0.29, 0.717) is 12.0 Å². The highest BCUT2D eigenvalue weighted by atomic mass is 16.2. The van der Waals surface area contributed by atoms with Crippen LogP contribution in [0.5, 0.6) is 0 Å². The highest BCUT2D eigenvalue weighted by Gasteiger charge is 2.29. The first kappa shape index (κ1) is 11.7. The van der Waals surface area contributed by atoms with Gasteiger partial charge in [0.25, 0.3) is 0 Å². The molecule has 2 aliphatic heterocycles. The zero-order valence-corrected chi connectivity index (χ0v) is 10.4. The van der Waals surface area contributed by atoms with Crippen LogP contribution in [-0.2, 0) is 0 Å². The average Bonchev–Trinajstić information content (AvgIpc) is 2.29. The monoisotopic (exact) mass is 225 g/mol. The van der Waals surface area contributed by atoms with Crippen LogP contribution in [0.1, 0.15) is 26.7 Å². The van der Waals surface area contributed by atoms with Gasteiger partial charge in [0.2, 0.25) is 0 Å². The summed E-state index contributed by atoms with van der Waals surface area (Å²) in [5.74, 6) is 0.663. The number of carbonyl (C=O) groups excluding carboxylic acids is 1. The third-order valence-corrected chi connectivity index (χ3v) is 3.67. The number of amides is 2. The minimum atomic E-state index is 0.251. The first-order chi connectivity index (χ1) is 7.68. The van der Waals surface area contributed by atoms with E-state index in [1.54, 1.807) is 0 Å². The normalized spacial score (nSPS) is 31.6. The second kappa shape index (κ2) is 5.04. The van der Waals surface area contributed by atoms with Crippen LogP contribution < -0.4 is 5.32 Å². The molecule has 2 fully saturated rings. The van der Waals surface area contributed by atoms with Crippen molar-refractivity contribution in [2.24, 2.45) is 5.92 Å². The highest BCUT2D eigenvalue weighted by Crippen LogP contribution is 2.18. The maximum Gasteiger partial charge on any atom is 0.320 e. The van der Waals surface area contributed by atoms with Crippen LogP contribution in [0.25, 0.3) is 0 Å². The lowest BCUT2D eigenvalue weighted by Gasteiger charge is -2.40. The molecule has 0 aromatic rings. The molecule has 2 atom stereocenters. The molecule has 16 heavy (non-hydrogen) atoms. The van der Waals surface area contributed by atoms with Gasteiger partial charge >= 0.3 is 6.03 Å². The summed E-state index contributed by atoms with van der Waals surface area (Å²) in [4.78, 5) is 16.4. The van der Waals surface area contributed by atoms with Crippen molar-refractivity contribution in [1.82, 2.24) is 15.1 Å². The van der Waals surface area contributed by atoms with E-state index >= 15 is 0 Å². The molecule has 0 radical (unpaired) electrons. The number of piperazine rings is 1. The number of likely N-dealkylation sites (tertiary alicyclic amines) is 1. The zero-order chi connectivity index (χ0) is 11.5. The van der Waals surface area contributed by atoms with Crippen LogP contribution in [-0.4, -0.2) is 54.6 Å². The first-order valence-corrected chi connectivity index (χ1v) is 6.44. The van der Waals surface area contributed by atoms with Crippen LogP contribution in [0.2, 0.25) is 0 Å². The standard InChI is InChI=1S/C12H23N3O/c1-10-4-3-6-14(9-10)12(16)15-7-5-13-8-11(15)2/h10-11,13H,3-9H2,1-2H3/t10?,11-/m1/s1. The molecule has 0 spiro atoms. The van der Waals surface area contributed by atoms with E-state index in [4.69, 9.17) is 0 Å². The zero-order valence-electron chi connectivity index (χ0n) is 10.4. The van der Waals surface area contributed by atoms with Crippen LogP contribution >= 0.6 is 0 Å². The predicted molar refractivity (Wildman–Crippen MR) is 64.4 cm³/mol. The van der Waals surface area contributed by atoms with Gasteiger partial charge in [-0.25, -0.2) is 4.79 Å². The van der Waals surface area contributed by atoms with Gasteiger partial charge in [0.05, 0.1) is 0 Å². The minimum Gasteiger partial charge on any atom is -0.324 e. The van der Waals surface area contributed by atoms with Crippen molar-refractivity contribution in [2.75, 3.05) is 32.7 Å². The third kappa shape index (κ3) is 2.48. The summed E-state index contributed by atoms with van der Waals surface area (Å²) >= 11 is 0. The first-order valence-electron chi connectivity index (χ1n) is 6.44. The van der Waals surface area contributed by atoms with E-state index in [9.17, 15) is 4.79 Å². The Morgan fingerprint density at radius 2 is 2.12 bits per heavy atom. The van der Waals surface area contributed by atoms with Gasteiger partial charge in [0.15, 0.2) is 0 Å². The summed E-state index contributed by atoms with van der Waals surface area (Å²) < 4.78 is 0. The Kier molecular flexibility index (Phi) is 3.69. The molecule has 0 saturated carbocycles. The molecule has 0 aromatic carbocycles. The summed E-state index contributed by atoms with van der Waals surface area (Å²) in [6.45, 7) is 8.95. The van der Waals surface area contributed by atoms with E-state index in [-0.39, 0.29) is 6.03 Å². The average molecular weight is 225 g/mol. The molecule has 1 unspecified atom stereocenters. The van der Waals surface area contributed by atoms with E-state index in [1.165, 1.54) is 6.42 Å². The topological polar surface area (TPSA) is 35.6 Å². The molecule has 0 aliphatic carbocycles. The predicted octanol–water partition coefficient (Wildman–Crippen LogP) is 1.13. The van der Waals surface area contributed by atoms with Crippen LogP contribution in [0.3, 0.4) is 0 Å². The second-order valence-corrected chi connectivity index (χ2v) is 5.22. The van der Waals surface area contributed by atoms with Crippen molar-refractivity contribution in [3.8, 4) is 0 Å². The number of nitrogens with zero attached hydrogens (tertiary/aromatic N) is 2. The van der Waals surface area contributed by atoms with Gasteiger partial charge in [-0.2, -0.15) is 0 Å². The van der Waals surface area contributed by atoms with Gasteiger partial charge in [-0.15, -0.1) is 0 Å². The molecule has 2 heterocycles. The Morgan fingerprint density at radius 1 is 1.31 bits per heavy atom.